The van der Waals surface area contributed by atoms with Crippen LogP contribution in [0.2, 0.25) is 0 Å². The van der Waals surface area contributed by atoms with Crippen LogP contribution < -0.4 is 5.32 Å². The van der Waals surface area contributed by atoms with E-state index in [1.807, 2.05) is 0 Å². The molecule has 5 nitrogen and oxygen atoms in total. The fraction of sp³-hybridized carbons (Fsp3) is 0.167. The lowest BCUT2D eigenvalue weighted by Gasteiger charge is -2.15. The Balaban J connectivity index is 0.00000210. The van der Waals surface area contributed by atoms with Crippen LogP contribution in [0.5, 0.6) is 0 Å². The summed E-state index contributed by atoms with van der Waals surface area (Å²) in [6, 6.07) is 9.14. The van der Waals surface area contributed by atoms with Crippen molar-refractivity contribution in [2.45, 2.75) is 17.6 Å². The number of nitrogens with zero attached hydrogens (tertiary/aromatic N) is 2. The van der Waals surface area contributed by atoms with Crippen LogP contribution in [0.15, 0.2) is 66.0 Å². The largest absolute Gasteiger partial charge is 0.417 e. The summed E-state index contributed by atoms with van der Waals surface area (Å²) >= 11 is 0. The van der Waals surface area contributed by atoms with Gasteiger partial charge in [-0.15, -0.1) is 24.8 Å². The van der Waals surface area contributed by atoms with Crippen molar-refractivity contribution in [2.75, 3.05) is 7.05 Å². The van der Waals surface area contributed by atoms with Crippen LogP contribution in [0.3, 0.4) is 0 Å². The maximum atomic E-state index is 13.5. The number of rotatable bonds is 5. The zero-order valence-corrected chi connectivity index (χ0v) is 17.5. The molecule has 1 N–H and O–H groups in total. The first-order chi connectivity index (χ1) is 12.7. The number of benzene rings is 1. The second kappa shape index (κ2) is 9.62. The second-order valence-corrected chi connectivity index (χ2v) is 7.61. The van der Waals surface area contributed by atoms with Crippen LogP contribution in [0.25, 0.3) is 11.3 Å². The van der Waals surface area contributed by atoms with E-state index in [2.05, 4.69) is 10.3 Å². The Morgan fingerprint density at radius 1 is 1.10 bits per heavy atom. The summed E-state index contributed by atoms with van der Waals surface area (Å²) in [7, 11) is -2.46. The number of hydrogen-bond acceptors (Lipinski definition) is 4. The highest BCUT2D eigenvalue weighted by molar-refractivity contribution is 7.90. The Labute approximate surface area is 178 Å². The van der Waals surface area contributed by atoms with E-state index in [-0.39, 0.29) is 41.0 Å². The lowest BCUT2D eigenvalue weighted by atomic mass is 10.0. The second-order valence-electron chi connectivity index (χ2n) is 5.80. The third kappa shape index (κ3) is 5.11. The third-order valence-corrected chi connectivity index (χ3v) is 5.58. The van der Waals surface area contributed by atoms with Crippen LogP contribution in [-0.4, -0.2) is 24.4 Å². The van der Waals surface area contributed by atoms with Crippen molar-refractivity contribution in [3.05, 3.63) is 72.2 Å². The van der Waals surface area contributed by atoms with Gasteiger partial charge in [0.25, 0.3) is 10.0 Å². The summed E-state index contributed by atoms with van der Waals surface area (Å²) in [5, 5.41) is 2.87. The highest BCUT2D eigenvalue weighted by Crippen LogP contribution is 2.38. The average Bonchev–Trinajstić information content (AvgIpc) is 3.07. The lowest BCUT2D eigenvalue weighted by molar-refractivity contribution is -0.137. The standard InChI is InChI=1S/C18H16F3N3O2S.2ClH/c1-22-10-13-9-17(15-6-2-3-7-16(15)18(19,20)21)24(12-13)27(25,26)14-5-4-8-23-11-14;;/h2-9,11-12,22H,10H2,1H3;2*1H. The van der Waals surface area contributed by atoms with Crippen molar-refractivity contribution in [3.8, 4) is 11.3 Å². The van der Waals surface area contributed by atoms with Gasteiger partial charge in [0, 0.05) is 30.7 Å². The molecular formula is C18H18Cl2F3N3O2S. The van der Waals surface area contributed by atoms with Gasteiger partial charge in [-0.05, 0) is 36.9 Å². The van der Waals surface area contributed by atoms with Crippen LogP contribution in [0.4, 0.5) is 13.2 Å². The van der Waals surface area contributed by atoms with Crippen molar-refractivity contribution in [1.29, 1.82) is 0 Å². The Morgan fingerprint density at radius 3 is 2.38 bits per heavy atom. The zero-order valence-electron chi connectivity index (χ0n) is 15.1. The molecular weight excluding hydrogens is 450 g/mol. The van der Waals surface area contributed by atoms with E-state index in [1.165, 1.54) is 48.8 Å². The number of halogens is 5. The van der Waals surface area contributed by atoms with Gasteiger partial charge < -0.3 is 5.32 Å². The first kappa shape index (κ1) is 25.0. The Morgan fingerprint density at radius 2 is 1.79 bits per heavy atom. The Hall–Kier alpha value is -2.07. The van der Waals surface area contributed by atoms with Gasteiger partial charge in [-0.25, -0.2) is 12.4 Å². The molecule has 0 unspecified atom stereocenters. The molecule has 1 aromatic carbocycles. The van der Waals surface area contributed by atoms with Gasteiger partial charge in [-0.3, -0.25) is 4.98 Å². The average molecular weight is 468 g/mol. The molecule has 0 saturated carbocycles. The van der Waals surface area contributed by atoms with Crippen LogP contribution in [0.1, 0.15) is 11.1 Å². The number of pyridine rings is 1. The SMILES string of the molecule is CNCc1cc(-c2ccccc2C(F)(F)F)n(S(=O)(=O)c2cccnc2)c1.Cl.Cl. The summed E-state index contributed by atoms with van der Waals surface area (Å²) in [6.07, 6.45) is -0.720. The molecule has 2 aromatic heterocycles. The Kier molecular flexibility index (Phi) is 8.28. The van der Waals surface area contributed by atoms with Crippen molar-refractivity contribution in [2.24, 2.45) is 0 Å². The molecule has 0 saturated heterocycles. The molecule has 158 valence electrons. The highest BCUT2D eigenvalue weighted by atomic mass is 35.5. The zero-order chi connectivity index (χ0) is 19.7. The van der Waals surface area contributed by atoms with Gasteiger partial charge in [-0.2, -0.15) is 13.2 Å². The van der Waals surface area contributed by atoms with Gasteiger partial charge in [0.1, 0.15) is 4.90 Å². The minimum Gasteiger partial charge on any atom is -0.316 e. The van der Waals surface area contributed by atoms with Crippen molar-refractivity contribution < 1.29 is 21.6 Å². The first-order valence-electron chi connectivity index (χ1n) is 7.93. The van der Waals surface area contributed by atoms with E-state index in [9.17, 15) is 21.6 Å². The summed E-state index contributed by atoms with van der Waals surface area (Å²) < 4.78 is 67.3. The van der Waals surface area contributed by atoms with Gasteiger partial charge in [-0.1, -0.05) is 18.2 Å². The van der Waals surface area contributed by atoms with E-state index < -0.39 is 21.8 Å². The van der Waals surface area contributed by atoms with E-state index in [0.29, 0.717) is 12.1 Å². The minimum absolute atomic E-state index is 0. The van der Waals surface area contributed by atoms with Crippen molar-refractivity contribution >= 4 is 34.8 Å². The van der Waals surface area contributed by atoms with E-state index in [4.69, 9.17) is 0 Å². The number of hydrogen-bond donors (Lipinski definition) is 1. The third-order valence-electron chi connectivity index (χ3n) is 3.92. The first-order valence-corrected chi connectivity index (χ1v) is 9.37. The van der Waals surface area contributed by atoms with E-state index in [0.717, 1.165) is 16.2 Å². The normalized spacial score (nSPS) is 11.4. The van der Waals surface area contributed by atoms with Crippen LogP contribution >= 0.6 is 24.8 Å². The fourth-order valence-corrected chi connectivity index (χ4v) is 4.12. The fourth-order valence-electron chi connectivity index (χ4n) is 2.76. The maximum absolute atomic E-state index is 13.5. The maximum Gasteiger partial charge on any atom is 0.417 e. The molecule has 0 radical (unpaired) electrons. The van der Waals surface area contributed by atoms with Crippen molar-refractivity contribution in [1.82, 2.24) is 14.3 Å². The molecule has 11 heteroatoms. The molecule has 0 aliphatic carbocycles. The van der Waals surface area contributed by atoms with Crippen LogP contribution in [-0.2, 0) is 22.7 Å². The molecule has 0 aliphatic rings. The molecule has 29 heavy (non-hydrogen) atoms. The van der Waals surface area contributed by atoms with E-state index in [1.54, 1.807) is 7.05 Å². The molecule has 2 heterocycles. The minimum atomic E-state index is -4.62. The summed E-state index contributed by atoms with van der Waals surface area (Å²) in [4.78, 5) is 3.69. The van der Waals surface area contributed by atoms with Gasteiger partial charge in [0.2, 0.25) is 0 Å². The molecule has 3 rings (SSSR count). The molecule has 3 aromatic rings. The van der Waals surface area contributed by atoms with E-state index >= 15 is 0 Å². The molecule has 0 atom stereocenters. The molecule has 0 amide bonds. The smallest absolute Gasteiger partial charge is 0.316 e. The van der Waals surface area contributed by atoms with Gasteiger partial charge in [0.05, 0.1) is 11.3 Å². The summed E-state index contributed by atoms with van der Waals surface area (Å²) in [6.45, 7) is 0.302. The predicted molar refractivity (Wildman–Crippen MR) is 109 cm³/mol. The summed E-state index contributed by atoms with van der Waals surface area (Å²) in [5.41, 5.74) is -0.629. The quantitative estimate of drug-likeness (QED) is 0.604. The lowest BCUT2D eigenvalue weighted by Crippen LogP contribution is -2.15. The molecule has 0 bridgehead atoms. The van der Waals surface area contributed by atoms with Gasteiger partial charge >= 0.3 is 6.18 Å². The highest BCUT2D eigenvalue weighted by Gasteiger charge is 2.35. The van der Waals surface area contributed by atoms with Crippen LogP contribution in [0, 0.1) is 0 Å². The summed E-state index contributed by atoms with van der Waals surface area (Å²) in [5.74, 6) is 0. The molecule has 0 fully saturated rings. The van der Waals surface area contributed by atoms with Gasteiger partial charge in [0.15, 0.2) is 0 Å². The topological polar surface area (TPSA) is 64.0 Å². The Bertz CT molecular complexity index is 1060. The number of nitrogens with one attached hydrogen (secondary N) is 1. The number of alkyl halides is 3. The van der Waals surface area contributed by atoms with Crippen molar-refractivity contribution in [3.63, 3.8) is 0 Å². The monoisotopic (exact) mass is 467 g/mol. The predicted octanol–water partition coefficient (Wildman–Crippen LogP) is 4.37. The number of aromatic nitrogens is 2. The molecule has 0 spiro atoms. The molecule has 0 aliphatic heterocycles.